The molecular weight excluding hydrogens is 496 g/mol. The Morgan fingerprint density at radius 3 is 1.56 bits per heavy atom. The number of hydrogen-bond acceptors (Lipinski definition) is 7. The van der Waals surface area contributed by atoms with Gasteiger partial charge in [-0.3, -0.25) is 0 Å². The predicted octanol–water partition coefficient (Wildman–Crippen LogP) is 3.66. The van der Waals surface area contributed by atoms with E-state index in [1.165, 1.54) is 0 Å². The molecule has 1 heterocycles. The van der Waals surface area contributed by atoms with Crippen molar-refractivity contribution in [1.29, 1.82) is 0 Å². The predicted molar refractivity (Wildman–Crippen MR) is 144 cm³/mol. The van der Waals surface area contributed by atoms with Gasteiger partial charge in [0, 0.05) is 0 Å². The van der Waals surface area contributed by atoms with E-state index in [0.29, 0.717) is 0 Å². The van der Waals surface area contributed by atoms with Crippen LogP contribution in [0.5, 0.6) is 0 Å². The molecule has 0 aliphatic carbocycles. The third-order valence-corrected chi connectivity index (χ3v) is 6.92. The molecule has 4 aromatic carbocycles. The molecule has 1 saturated heterocycles. The molecule has 0 spiro atoms. The van der Waals surface area contributed by atoms with Gasteiger partial charge in [0.05, 0.1) is 12.2 Å². The van der Waals surface area contributed by atoms with E-state index in [0.717, 1.165) is 16.7 Å². The molecule has 0 saturated carbocycles. The summed E-state index contributed by atoms with van der Waals surface area (Å²) in [7, 11) is 0. The van der Waals surface area contributed by atoms with Crippen LogP contribution in [0.3, 0.4) is 0 Å². The number of rotatable bonds is 8. The van der Waals surface area contributed by atoms with Gasteiger partial charge in [-0.05, 0) is 28.8 Å². The van der Waals surface area contributed by atoms with Crippen LogP contribution in [-0.2, 0) is 19.8 Å². The van der Waals surface area contributed by atoms with Crippen LogP contribution in [0.25, 0.3) is 0 Å². The highest BCUT2D eigenvalue weighted by Crippen LogP contribution is 2.41. The van der Waals surface area contributed by atoms with E-state index in [-0.39, 0.29) is 12.2 Å². The number of ether oxygens (including phenoxy) is 3. The van der Waals surface area contributed by atoms with Crippen LogP contribution in [0.15, 0.2) is 121 Å². The largest absolute Gasteiger partial charge is 0.453 e. The summed E-state index contributed by atoms with van der Waals surface area (Å²) in [5.41, 5.74) is 1.70. The van der Waals surface area contributed by atoms with Crippen molar-refractivity contribution in [3.63, 3.8) is 0 Å². The minimum absolute atomic E-state index is 0.191. The van der Waals surface area contributed by atoms with E-state index >= 15 is 0 Å². The lowest BCUT2D eigenvalue weighted by molar-refractivity contribution is -0.291. The topological polar surface area (TPSA) is 105 Å². The summed E-state index contributed by atoms with van der Waals surface area (Å²) >= 11 is 0. The highest BCUT2D eigenvalue weighted by molar-refractivity contribution is 5.89. The van der Waals surface area contributed by atoms with Crippen molar-refractivity contribution in [2.45, 2.75) is 36.3 Å². The molecular formula is C32H30O7. The fourth-order valence-electron chi connectivity index (χ4n) is 4.93. The molecule has 7 heteroatoms. The second kappa shape index (κ2) is 11.9. The number of hydrogen-bond donors (Lipinski definition) is 3. The van der Waals surface area contributed by atoms with E-state index in [1.807, 2.05) is 91.0 Å². The van der Waals surface area contributed by atoms with E-state index in [4.69, 9.17) is 14.2 Å². The molecule has 0 aromatic heterocycles. The Balaban J connectivity index is 1.47. The van der Waals surface area contributed by atoms with Gasteiger partial charge in [-0.2, -0.15) is 0 Å². The molecule has 7 nitrogen and oxygen atoms in total. The van der Waals surface area contributed by atoms with Gasteiger partial charge in [0.25, 0.3) is 0 Å². The van der Waals surface area contributed by atoms with Crippen LogP contribution in [0.4, 0.5) is 0 Å². The van der Waals surface area contributed by atoms with Gasteiger partial charge >= 0.3 is 5.97 Å². The summed E-state index contributed by atoms with van der Waals surface area (Å²) in [4.78, 5) is 12.7. The molecule has 4 aromatic rings. The monoisotopic (exact) mass is 526 g/mol. The van der Waals surface area contributed by atoms with E-state index in [1.54, 1.807) is 30.3 Å². The van der Waals surface area contributed by atoms with Crippen LogP contribution < -0.4 is 0 Å². The van der Waals surface area contributed by atoms with Crippen molar-refractivity contribution < 1.29 is 34.3 Å². The molecule has 0 amide bonds. The summed E-state index contributed by atoms with van der Waals surface area (Å²) < 4.78 is 17.7. The summed E-state index contributed by atoms with van der Waals surface area (Å²) in [6.07, 6.45) is -7.38. The van der Waals surface area contributed by atoms with Crippen molar-refractivity contribution in [2.75, 3.05) is 6.61 Å². The quantitative estimate of drug-likeness (QED) is 0.238. The first-order valence-electron chi connectivity index (χ1n) is 12.8. The maximum atomic E-state index is 12.7. The average Bonchev–Trinajstić information content (AvgIpc) is 3.00. The van der Waals surface area contributed by atoms with Crippen molar-refractivity contribution in [3.8, 4) is 0 Å². The van der Waals surface area contributed by atoms with Gasteiger partial charge in [-0.25, -0.2) is 4.79 Å². The molecule has 3 N–H and O–H groups in total. The number of aliphatic hydroxyl groups is 3. The molecule has 5 atom stereocenters. The summed E-state index contributed by atoms with van der Waals surface area (Å²) in [6.45, 7) is -0.191. The fraction of sp³-hybridized carbons (Fsp3) is 0.219. The van der Waals surface area contributed by atoms with Crippen LogP contribution in [0.1, 0.15) is 27.0 Å². The zero-order valence-corrected chi connectivity index (χ0v) is 21.1. The number of aliphatic hydroxyl groups excluding tert-OH is 3. The molecule has 200 valence electrons. The summed E-state index contributed by atoms with van der Waals surface area (Å²) in [6, 6.07) is 37.3. The molecule has 1 aliphatic rings. The first-order valence-corrected chi connectivity index (χ1v) is 12.8. The zero-order chi connectivity index (χ0) is 27.2. The molecule has 1 aliphatic heterocycles. The standard InChI is InChI=1S/C32H30O7/c33-27-26(38-31(36)28(34)29(27)39-30(35)22-13-5-1-6-14-22)21-37-32(23-15-7-2-8-16-23,24-17-9-3-10-18-24)25-19-11-4-12-20-25/h1-20,26-29,31,33-34,36H,21H2/t26-,27+,28-,29+,31-/m1/s1. The first-order chi connectivity index (χ1) is 19.0. The molecule has 1 fully saturated rings. The highest BCUT2D eigenvalue weighted by atomic mass is 16.7. The first kappa shape index (κ1) is 26.7. The maximum absolute atomic E-state index is 12.7. The fourth-order valence-corrected chi connectivity index (χ4v) is 4.93. The van der Waals surface area contributed by atoms with Gasteiger partial charge in [-0.15, -0.1) is 0 Å². The lowest BCUT2D eigenvalue weighted by Gasteiger charge is -2.42. The Hall–Kier alpha value is -3.85. The maximum Gasteiger partial charge on any atom is 0.338 e. The van der Waals surface area contributed by atoms with Crippen LogP contribution in [0, 0.1) is 0 Å². The van der Waals surface area contributed by atoms with Crippen molar-refractivity contribution in [3.05, 3.63) is 144 Å². The third-order valence-electron chi connectivity index (χ3n) is 6.92. The highest BCUT2D eigenvalue weighted by Gasteiger charge is 2.48. The Bertz CT molecular complexity index is 1240. The lowest BCUT2D eigenvalue weighted by atomic mass is 9.80. The van der Waals surface area contributed by atoms with Crippen LogP contribution >= 0.6 is 0 Å². The molecule has 0 unspecified atom stereocenters. The average molecular weight is 527 g/mol. The van der Waals surface area contributed by atoms with E-state index in [2.05, 4.69) is 0 Å². The second-order valence-electron chi connectivity index (χ2n) is 9.37. The lowest BCUT2D eigenvalue weighted by Crippen LogP contribution is -2.60. The minimum Gasteiger partial charge on any atom is -0.453 e. The number of carbonyl (C=O) groups excluding carboxylic acids is 1. The Kier molecular flexibility index (Phi) is 8.16. The number of benzene rings is 4. The number of esters is 1. The Morgan fingerprint density at radius 2 is 1.10 bits per heavy atom. The second-order valence-corrected chi connectivity index (χ2v) is 9.37. The van der Waals surface area contributed by atoms with Crippen molar-refractivity contribution in [1.82, 2.24) is 0 Å². The van der Waals surface area contributed by atoms with E-state index < -0.39 is 42.3 Å². The van der Waals surface area contributed by atoms with Gasteiger partial charge < -0.3 is 29.5 Å². The normalized spacial score (nSPS) is 23.2. The van der Waals surface area contributed by atoms with Crippen molar-refractivity contribution in [2.24, 2.45) is 0 Å². The van der Waals surface area contributed by atoms with Crippen molar-refractivity contribution >= 4 is 5.97 Å². The van der Waals surface area contributed by atoms with Crippen LogP contribution in [-0.4, -0.2) is 58.6 Å². The molecule has 5 rings (SSSR count). The molecule has 0 radical (unpaired) electrons. The Morgan fingerprint density at radius 1 is 0.667 bits per heavy atom. The van der Waals surface area contributed by atoms with Gasteiger partial charge in [0.1, 0.15) is 23.9 Å². The minimum atomic E-state index is -1.70. The van der Waals surface area contributed by atoms with Gasteiger partial charge in [0.2, 0.25) is 0 Å². The number of carbonyl (C=O) groups is 1. The van der Waals surface area contributed by atoms with Gasteiger partial charge in [0.15, 0.2) is 12.4 Å². The van der Waals surface area contributed by atoms with E-state index in [9.17, 15) is 20.1 Å². The Labute approximate surface area is 226 Å². The summed E-state index contributed by atoms with van der Waals surface area (Å²) in [5, 5.41) is 32.2. The summed E-state index contributed by atoms with van der Waals surface area (Å²) in [5.74, 6) is -0.736. The molecule has 39 heavy (non-hydrogen) atoms. The SMILES string of the molecule is O=C(O[C@@H]1[C@@H](O)[C@H](O)O[C@H](COC(c2ccccc2)(c2ccccc2)c2ccccc2)[C@@H]1O)c1ccccc1. The molecule has 0 bridgehead atoms. The zero-order valence-electron chi connectivity index (χ0n) is 21.1. The van der Waals surface area contributed by atoms with Gasteiger partial charge in [-0.1, -0.05) is 109 Å². The van der Waals surface area contributed by atoms with Crippen LogP contribution in [0.2, 0.25) is 0 Å². The smallest absolute Gasteiger partial charge is 0.338 e. The third kappa shape index (κ3) is 5.49.